The lowest BCUT2D eigenvalue weighted by molar-refractivity contribution is 0.323. The lowest BCUT2D eigenvalue weighted by Crippen LogP contribution is -2.06. The van der Waals surface area contributed by atoms with Crippen molar-refractivity contribution >= 4 is 0 Å². The maximum atomic E-state index is 2.33. The molecule has 0 N–H and O–H groups in total. The van der Waals surface area contributed by atoms with Crippen LogP contribution in [0.25, 0.3) is 0 Å². The molecule has 0 unspecified atom stereocenters. The zero-order valence-electron chi connectivity index (χ0n) is 8.81. The average Bonchev–Trinajstić information content (AvgIpc) is 2.05. The van der Waals surface area contributed by atoms with E-state index in [-0.39, 0.29) is 7.43 Å². The van der Waals surface area contributed by atoms with Gasteiger partial charge in [0, 0.05) is 0 Å². The molecule has 0 amide bonds. The van der Waals surface area contributed by atoms with Crippen molar-refractivity contribution < 1.29 is 0 Å². The van der Waals surface area contributed by atoms with Crippen LogP contribution in [0.5, 0.6) is 0 Å². The van der Waals surface area contributed by atoms with E-state index in [1.165, 1.54) is 51.4 Å². The highest BCUT2D eigenvalue weighted by atomic mass is 14.2. The van der Waals surface area contributed by atoms with Gasteiger partial charge in [-0.25, -0.2) is 0 Å². The van der Waals surface area contributed by atoms with Gasteiger partial charge in [-0.2, -0.15) is 0 Å². The predicted octanol–water partition coefficient (Wildman–Crippen LogP) is 5.03. The van der Waals surface area contributed by atoms with Gasteiger partial charge in [0.25, 0.3) is 0 Å². The Hall–Kier alpha value is 0. The first-order valence-electron chi connectivity index (χ1n) is 5.79. The zero-order valence-corrected chi connectivity index (χ0v) is 8.81. The minimum atomic E-state index is 0. The molecule has 0 saturated heterocycles. The molecule has 0 radical (unpaired) electrons. The molecule has 80 valence electrons. The molecule has 0 heteroatoms. The molecule has 0 aromatic heterocycles. The third kappa shape index (κ3) is 6.12. The van der Waals surface area contributed by atoms with E-state index in [0.29, 0.717) is 0 Å². The molecule has 1 rings (SSSR count). The average molecular weight is 184 g/mol. The number of rotatable bonds is 4. The molecule has 0 aliphatic heterocycles. The molecule has 0 aromatic carbocycles. The fourth-order valence-corrected chi connectivity index (χ4v) is 2.29. The van der Waals surface area contributed by atoms with E-state index >= 15 is 0 Å². The van der Waals surface area contributed by atoms with Crippen molar-refractivity contribution in [3.05, 3.63) is 0 Å². The molecule has 0 aromatic rings. The zero-order chi connectivity index (χ0) is 8.81. The normalized spacial score (nSPS) is 18.7. The van der Waals surface area contributed by atoms with Gasteiger partial charge in [-0.3, -0.25) is 0 Å². The Morgan fingerprint density at radius 2 is 1.69 bits per heavy atom. The van der Waals surface area contributed by atoms with Gasteiger partial charge >= 0.3 is 0 Å². The van der Waals surface area contributed by atoms with Crippen LogP contribution in [0.1, 0.15) is 72.6 Å². The maximum absolute atomic E-state index is 2.33. The van der Waals surface area contributed by atoms with E-state index in [4.69, 9.17) is 0 Å². The highest BCUT2D eigenvalue weighted by molar-refractivity contribution is 4.65. The second-order valence-electron chi connectivity index (χ2n) is 4.83. The minimum Gasteiger partial charge on any atom is -0.0776 e. The lowest BCUT2D eigenvalue weighted by atomic mass is 9.85. The van der Waals surface area contributed by atoms with Gasteiger partial charge < -0.3 is 0 Å². The standard InChI is InChI=1S/C12H24.CH4/c1-11(2)7-6-10-12-8-4-3-5-9-12;/h11-12H,3-10H2,1-2H3;1H4. The molecule has 0 bridgehead atoms. The number of hydrogen-bond donors (Lipinski definition) is 0. The second kappa shape index (κ2) is 7.41. The predicted molar refractivity (Wildman–Crippen MR) is 62.0 cm³/mol. The summed E-state index contributed by atoms with van der Waals surface area (Å²) in [4.78, 5) is 0. The molecule has 0 atom stereocenters. The van der Waals surface area contributed by atoms with E-state index in [1.54, 1.807) is 0 Å². The SMILES string of the molecule is C.CC(C)CCCC1CCCCC1. The van der Waals surface area contributed by atoms with E-state index in [0.717, 1.165) is 11.8 Å². The van der Waals surface area contributed by atoms with Crippen LogP contribution in [0, 0.1) is 11.8 Å². The van der Waals surface area contributed by atoms with Crippen LogP contribution >= 0.6 is 0 Å². The van der Waals surface area contributed by atoms with Crippen LogP contribution in [-0.4, -0.2) is 0 Å². The van der Waals surface area contributed by atoms with Gasteiger partial charge in [-0.15, -0.1) is 0 Å². The summed E-state index contributed by atoms with van der Waals surface area (Å²) >= 11 is 0. The molecular formula is C13H28. The Bertz CT molecular complexity index is 98.6. The van der Waals surface area contributed by atoms with Crippen molar-refractivity contribution in [2.45, 2.75) is 72.6 Å². The molecular weight excluding hydrogens is 156 g/mol. The van der Waals surface area contributed by atoms with Crippen LogP contribution in [0.4, 0.5) is 0 Å². The van der Waals surface area contributed by atoms with Gasteiger partial charge in [-0.1, -0.05) is 72.6 Å². The Morgan fingerprint density at radius 3 is 2.23 bits per heavy atom. The van der Waals surface area contributed by atoms with Crippen molar-refractivity contribution in [3.8, 4) is 0 Å². The first kappa shape index (κ1) is 13.0. The van der Waals surface area contributed by atoms with E-state index in [9.17, 15) is 0 Å². The quantitative estimate of drug-likeness (QED) is 0.575. The van der Waals surface area contributed by atoms with Gasteiger partial charge in [-0.05, 0) is 11.8 Å². The summed E-state index contributed by atoms with van der Waals surface area (Å²) in [6.45, 7) is 4.67. The molecule has 13 heavy (non-hydrogen) atoms. The summed E-state index contributed by atoms with van der Waals surface area (Å²) in [5, 5.41) is 0. The summed E-state index contributed by atoms with van der Waals surface area (Å²) in [5.41, 5.74) is 0. The first-order valence-corrected chi connectivity index (χ1v) is 5.79. The van der Waals surface area contributed by atoms with Crippen molar-refractivity contribution in [1.82, 2.24) is 0 Å². The van der Waals surface area contributed by atoms with Gasteiger partial charge in [0.2, 0.25) is 0 Å². The van der Waals surface area contributed by atoms with Crippen molar-refractivity contribution in [2.75, 3.05) is 0 Å². The Morgan fingerprint density at radius 1 is 1.08 bits per heavy atom. The van der Waals surface area contributed by atoms with E-state index < -0.39 is 0 Å². The Kier molecular flexibility index (Phi) is 7.41. The summed E-state index contributed by atoms with van der Waals surface area (Å²) in [6, 6.07) is 0. The highest BCUT2D eigenvalue weighted by Gasteiger charge is 2.12. The minimum absolute atomic E-state index is 0. The molecule has 1 aliphatic carbocycles. The summed E-state index contributed by atoms with van der Waals surface area (Å²) < 4.78 is 0. The number of hydrogen-bond acceptors (Lipinski definition) is 0. The van der Waals surface area contributed by atoms with Crippen LogP contribution in [0.15, 0.2) is 0 Å². The third-order valence-corrected chi connectivity index (χ3v) is 3.12. The largest absolute Gasteiger partial charge is 0.0776 e. The first-order chi connectivity index (χ1) is 5.79. The Balaban J connectivity index is 0.00000144. The topological polar surface area (TPSA) is 0 Å². The monoisotopic (exact) mass is 184 g/mol. The summed E-state index contributed by atoms with van der Waals surface area (Å²) in [5.74, 6) is 2.01. The molecule has 1 aliphatic rings. The fraction of sp³-hybridized carbons (Fsp3) is 1.00. The smallest absolute Gasteiger partial charge is 0.0414 e. The van der Waals surface area contributed by atoms with Crippen LogP contribution in [0.2, 0.25) is 0 Å². The van der Waals surface area contributed by atoms with Crippen molar-refractivity contribution in [3.63, 3.8) is 0 Å². The van der Waals surface area contributed by atoms with Crippen LogP contribution in [-0.2, 0) is 0 Å². The Labute approximate surface area is 85.1 Å². The van der Waals surface area contributed by atoms with Crippen molar-refractivity contribution in [2.24, 2.45) is 11.8 Å². The molecule has 0 spiro atoms. The maximum Gasteiger partial charge on any atom is -0.0414 e. The van der Waals surface area contributed by atoms with Gasteiger partial charge in [0.15, 0.2) is 0 Å². The van der Waals surface area contributed by atoms with E-state index in [1.807, 2.05) is 0 Å². The second-order valence-corrected chi connectivity index (χ2v) is 4.83. The van der Waals surface area contributed by atoms with Gasteiger partial charge in [0.1, 0.15) is 0 Å². The highest BCUT2D eigenvalue weighted by Crippen LogP contribution is 2.28. The fourth-order valence-electron chi connectivity index (χ4n) is 2.29. The third-order valence-electron chi connectivity index (χ3n) is 3.12. The molecule has 1 fully saturated rings. The summed E-state index contributed by atoms with van der Waals surface area (Å²) in [7, 11) is 0. The van der Waals surface area contributed by atoms with Crippen molar-refractivity contribution in [1.29, 1.82) is 0 Å². The van der Waals surface area contributed by atoms with Crippen LogP contribution in [0.3, 0.4) is 0 Å². The van der Waals surface area contributed by atoms with Gasteiger partial charge in [0.05, 0.1) is 0 Å². The lowest BCUT2D eigenvalue weighted by Gasteiger charge is -2.21. The van der Waals surface area contributed by atoms with E-state index in [2.05, 4.69) is 13.8 Å². The molecule has 0 nitrogen and oxygen atoms in total. The molecule has 1 saturated carbocycles. The molecule has 0 heterocycles. The van der Waals surface area contributed by atoms with Crippen LogP contribution < -0.4 is 0 Å². The summed E-state index contributed by atoms with van der Waals surface area (Å²) in [6.07, 6.45) is 12.0.